The second-order valence-electron chi connectivity index (χ2n) is 8.86. The lowest BCUT2D eigenvalue weighted by molar-refractivity contribution is 0.279. The minimum Gasteiger partial charge on any atom is -0.508 e. The highest BCUT2D eigenvalue weighted by Gasteiger charge is 2.22. The fraction of sp³-hybridized carbons (Fsp3) is 0.393. The lowest BCUT2D eigenvalue weighted by Gasteiger charge is -2.23. The number of hydrogen-bond donors (Lipinski definition) is 2. The molecular weight excluding hydrogens is 401 g/mol. The largest absolute Gasteiger partial charge is 0.508 e. The smallest absolute Gasteiger partial charge is 0.123 e. The Morgan fingerprint density at radius 2 is 1.72 bits per heavy atom. The van der Waals surface area contributed by atoms with Crippen LogP contribution in [0, 0.1) is 12.7 Å². The van der Waals surface area contributed by atoms with Gasteiger partial charge in [0.15, 0.2) is 0 Å². The van der Waals surface area contributed by atoms with E-state index in [0.29, 0.717) is 6.42 Å². The zero-order valence-corrected chi connectivity index (χ0v) is 19.6. The monoisotopic (exact) mass is 435 g/mol. The molecule has 32 heavy (non-hydrogen) atoms. The van der Waals surface area contributed by atoms with Gasteiger partial charge in [0, 0.05) is 23.4 Å². The van der Waals surface area contributed by atoms with Crippen molar-refractivity contribution >= 4 is 0 Å². The van der Waals surface area contributed by atoms with Gasteiger partial charge < -0.3 is 10.2 Å². The van der Waals surface area contributed by atoms with Crippen LogP contribution in [0.3, 0.4) is 0 Å². The molecule has 0 amide bonds. The van der Waals surface area contributed by atoms with Crippen molar-refractivity contribution in [3.8, 4) is 16.9 Å². The highest BCUT2D eigenvalue weighted by Crippen LogP contribution is 2.37. The summed E-state index contributed by atoms with van der Waals surface area (Å²) in [5, 5.41) is 20.9. The lowest BCUT2D eigenvalue weighted by atomic mass is 9.86. The van der Waals surface area contributed by atoms with Gasteiger partial charge in [0.1, 0.15) is 11.6 Å². The molecule has 1 aromatic heterocycles. The SMILES string of the molecule is CCCCCc1c(Cc2ccc(C)cc2O)nc(C(C)C)c(CO)c1-c1ccc(F)cc1. The van der Waals surface area contributed by atoms with Crippen molar-refractivity contribution in [3.63, 3.8) is 0 Å². The third-order valence-electron chi connectivity index (χ3n) is 5.98. The quantitative estimate of drug-likeness (QED) is 0.362. The van der Waals surface area contributed by atoms with E-state index in [9.17, 15) is 14.6 Å². The molecule has 0 spiro atoms. The second-order valence-corrected chi connectivity index (χ2v) is 8.86. The summed E-state index contributed by atoms with van der Waals surface area (Å²) in [6, 6.07) is 12.2. The van der Waals surface area contributed by atoms with E-state index in [2.05, 4.69) is 20.8 Å². The van der Waals surface area contributed by atoms with E-state index in [4.69, 9.17) is 4.98 Å². The molecule has 0 fully saturated rings. The van der Waals surface area contributed by atoms with Crippen LogP contribution < -0.4 is 0 Å². The zero-order valence-electron chi connectivity index (χ0n) is 19.6. The standard InChI is InChI=1S/C28H34FNO2/c1-5-6-7-8-23-25(16-21-10-9-19(4)15-26(21)32)30-28(18(2)3)24(17-31)27(23)20-11-13-22(29)14-12-20/h9-15,18,31-32H,5-8,16-17H2,1-4H3. The number of benzene rings is 2. The molecule has 3 aromatic rings. The Bertz CT molecular complexity index is 1060. The van der Waals surface area contributed by atoms with Crippen molar-refractivity contribution in [2.75, 3.05) is 0 Å². The number of hydrogen-bond acceptors (Lipinski definition) is 3. The zero-order chi connectivity index (χ0) is 23.3. The maximum absolute atomic E-state index is 13.7. The normalized spacial score (nSPS) is 11.3. The van der Waals surface area contributed by atoms with Gasteiger partial charge in [0.05, 0.1) is 6.61 Å². The number of aliphatic hydroxyl groups excluding tert-OH is 1. The van der Waals surface area contributed by atoms with Crippen LogP contribution in [0.25, 0.3) is 11.1 Å². The lowest BCUT2D eigenvalue weighted by Crippen LogP contribution is -2.12. The minimum atomic E-state index is -0.283. The summed E-state index contributed by atoms with van der Waals surface area (Å²) in [6.07, 6.45) is 4.53. The van der Waals surface area contributed by atoms with Gasteiger partial charge in [0.25, 0.3) is 0 Å². The molecule has 3 rings (SSSR count). The molecule has 1 heterocycles. The predicted molar refractivity (Wildman–Crippen MR) is 129 cm³/mol. The van der Waals surface area contributed by atoms with Gasteiger partial charge >= 0.3 is 0 Å². The summed E-state index contributed by atoms with van der Waals surface area (Å²) < 4.78 is 13.7. The van der Waals surface area contributed by atoms with Crippen LogP contribution in [0.1, 0.15) is 79.6 Å². The molecule has 170 valence electrons. The molecule has 0 saturated heterocycles. The first-order valence-electron chi connectivity index (χ1n) is 11.6. The summed E-state index contributed by atoms with van der Waals surface area (Å²) in [7, 11) is 0. The number of aromatic hydroxyl groups is 1. The first kappa shape index (κ1) is 23.9. The Hall–Kier alpha value is -2.72. The summed E-state index contributed by atoms with van der Waals surface area (Å²) in [4.78, 5) is 5.04. The van der Waals surface area contributed by atoms with Gasteiger partial charge in [-0.15, -0.1) is 0 Å². The van der Waals surface area contributed by atoms with Gasteiger partial charge in [-0.05, 0) is 71.7 Å². The Morgan fingerprint density at radius 1 is 1.00 bits per heavy atom. The Morgan fingerprint density at radius 3 is 2.31 bits per heavy atom. The van der Waals surface area contributed by atoms with Crippen LogP contribution in [-0.4, -0.2) is 15.2 Å². The third-order valence-corrected chi connectivity index (χ3v) is 5.98. The molecule has 0 aliphatic rings. The summed E-state index contributed by atoms with van der Waals surface area (Å²) in [5.41, 5.74) is 7.36. The number of halogens is 1. The van der Waals surface area contributed by atoms with Gasteiger partial charge in [0.2, 0.25) is 0 Å². The van der Waals surface area contributed by atoms with Crippen molar-refractivity contribution in [2.45, 2.75) is 72.3 Å². The van der Waals surface area contributed by atoms with Crippen LogP contribution in [0.15, 0.2) is 42.5 Å². The molecule has 2 aromatic carbocycles. The molecule has 0 aliphatic carbocycles. The van der Waals surface area contributed by atoms with Crippen molar-refractivity contribution in [1.29, 1.82) is 0 Å². The highest BCUT2D eigenvalue weighted by atomic mass is 19.1. The Kier molecular flexibility index (Phi) is 8.03. The molecule has 0 atom stereocenters. The molecular formula is C28H34FNO2. The molecule has 3 nitrogen and oxygen atoms in total. The van der Waals surface area contributed by atoms with Crippen molar-refractivity contribution < 1.29 is 14.6 Å². The average Bonchev–Trinajstić information content (AvgIpc) is 2.76. The molecule has 0 bridgehead atoms. The fourth-order valence-electron chi connectivity index (χ4n) is 4.31. The maximum atomic E-state index is 13.7. The molecule has 2 N–H and O–H groups in total. The number of pyridine rings is 1. The van der Waals surface area contributed by atoms with Crippen molar-refractivity contribution in [2.24, 2.45) is 0 Å². The van der Waals surface area contributed by atoms with Crippen LogP contribution >= 0.6 is 0 Å². The van der Waals surface area contributed by atoms with Crippen LogP contribution in [0.4, 0.5) is 4.39 Å². The maximum Gasteiger partial charge on any atom is 0.123 e. The van der Waals surface area contributed by atoms with E-state index < -0.39 is 0 Å². The van der Waals surface area contributed by atoms with Gasteiger partial charge in [-0.3, -0.25) is 4.98 Å². The number of unbranched alkanes of at least 4 members (excludes halogenated alkanes) is 2. The molecule has 0 saturated carbocycles. The van der Waals surface area contributed by atoms with E-state index in [1.807, 2.05) is 19.1 Å². The second kappa shape index (κ2) is 10.7. The van der Waals surface area contributed by atoms with E-state index in [1.165, 1.54) is 12.1 Å². The number of aliphatic hydroxyl groups is 1. The van der Waals surface area contributed by atoms with E-state index >= 15 is 0 Å². The minimum absolute atomic E-state index is 0.117. The van der Waals surface area contributed by atoms with E-state index in [-0.39, 0.29) is 24.1 Å². The molecule has 0 aliphatic heterocycles. The first-order valence-corrected chi connectivity index (χ1v) is 11.6. The fourth-order valence-corrected chi connectivity index (χ4v) is 4.31. The number of aryl methyl sites for hydroxylation is 1. The molecule has 4 heteroatoms. The predicted octanol–water partition coefficient (Wildman–Crippen LogP) is 6.84. The van der Waals surface area contributed by atoms with Gasteiger partial charge in [-0.25, -0.2) is 4.39 Å². The molecule has 0 radical (unpaired) electrons. The van der Waals surface area contributed by atoms with Gasteiger partial charge in [-0.2, -0.15) is 0 Å². The summed E-state index contributed by atoms with van der Waals surface area (Å²) in [5.74, 6) is 0.105. The number of aromatic nitrogens is 1. The molecule has 0 unspecified atom stereocenters. The van der Waals surface area contributed by atoms with Crippen LogP contribution in [-0.2, 0) is 19.4 Å². The van der Waals surface area contributed by atoms with Crippen LogP contribution in [0.5, 0.6) is 5.75 Å². The third kappa shape index (κ3) is 5.36. The van der Waals surface area contributed by atoms with Gasteiger partial charge in [-0.1, -0.05) is 57.9 Å². The van der Waals surface area contributed by atoms with Crippen molar-refractivity contribution in [3.05, 3.63) is 81.9 Å². The number of rotatable bonds is 9. The number of nitrogens with zero attached hydrogens (tertiary/aromatic N) is 1. The topological polar surface area (TPSA) is 53.4 Å². The Balaban J connectivity index is 2.26. The van der Waals surface area contributed by atoms with Crippen molar-refractivity contribution in [1.82, 2.24) is 4.98 Å². The first-order chi connectivity index (χ1) is 15.3. The summed E-state index contributed by atoms with van der Waals surface area (Å²) >= 11 is 0. The average molecular weight is 436 g/mol. The summed E-state index contributed by atoms with van der Waals surface area (Å²) in [6.45, 7) is 8.15. The van der Waals surface area contributed by atoms with E-state index in [0.717, 1.165) is 70.5 Å². The van der Waals surface area contributed by atoms with E-state index in [1.54, 1.807) is 18.2 Å². The number of phenolic OH excluding ortho intramolecular Hbond substituents is 1. The van der Waals surface area contributed by atoms with Crippen LogP contribution in [0.2, 0.25) is 0 Å². The Labute approximate surface area is 191 Å². The highest BCUT2D eigenvalue weighted by molar-refractivity contribution is 5.73. The number of phenols is 1.